The van der Waals surface area contributed by atoms with E-state index in [9.17, 15) is 14.0 Å². The molecule has 9 nitrogen and oxygen atoms in total. The summed E-state index contributed by atoms with van der Waals surface area (Å²) in [4.78, 5) is 32.8. The Hall–Kier alpha value is -3.31. The number of aromatic amines is 1. The molecule has 0 atom stereocenters. The Morgan fingerprint density at radius 2 is 1.92 bits per heavy atom. The van der Waals surface area contributed by atoms with Crippen LogP contribution in [-0.2, 0) is 27.4 Å². The molecule has 1 aliphatic heterocycles. The number of rotatable bonds is 10. The second-order valence-corrected chi connectivity index (χ2v) is 9.14. The highest BCUT2D eigenvalue weighted by Crippen LogP contribution is 2.23. The average Bonchev–Trinajstić information content (AvgIpc) is 3.22. The van der Waals surface area contributed by atoms with E-state index in [1.165, 1.54) is 19.2 Å². The van der Waals surface area contributed by atoms with Gasteiger partial charge in [-0.05, 0) is 29.3 Å². The Bertz CT molecular complexity index is 1360. The van der Waals surface area contributed by atoms with Crippen LogP contribution in [0.3, 0.4) is 0 Å². The molecule has 0 bridgehead atoms. The minimum absolute atomic E-state index is 0.00739. The molecule has 11 heteroatoms. The number of esters is 1. The van der Waals surface area contributed by atoms with Crippen molar-refractivity contribution in [1.82, 2.24) is 14.7 Å². The van der Waals surface area contributed by atoms with Crippen LogP contribution in [0.25, 0.3) is 5.69 Å². The zero-order valence-electron chi connectivity index (χ0n) is 21.3. The van der Waals surface area contributed by atoms with E-state index in [1.807, 2.05) is 18.2 Å². The molecule has 0 spiro atoms. The van der Waals surface area contributed by atoms with E-state index in [-0.39, 0.29) is 41.7 Å². The molecule has 2 aromatic carbocycles. The number of carbonyl (C=O) groups is 1. The van der Waals surface area contributed by atoms with E-state index in [4.69, 9.17) is 30.8 Å². The van der Waals surface area contributed by atoms with Crippen LogP contribution in [-0.4, -0.2) is 66.4 Å². The van der Waals surface area contributed by atoms with Gasteiger partial charge in [0.1, 0.15) is 11.4 Å². The zero-order chi connectivity index (χ0) is 27.1. The molecule has 0 saturated carbocycles. The summed E-state index contributed by atoms with van der Waals surface area (Å²) < 4.78 is 31.0. The number of aromatic nitrogens is 2. The van der Waals surface area contributed by atoms with Crippen molar-refractivity contribution in [1.29, 1.82) is 0 Å². The van der Waals surface area contributed by atoms with Crippen LogP contribution in [0.4, 0.5) is 4.39 Å². The minimum atomic E-state index is -0.560. The molecule has 202 valence electrons. The van der Waals surface area contributed by atoms with E-state index in [0.717, 1.165) is 41.5 Å². The van der Waals surface area contributed by atoms with Gasteiger partial charge in [-0.15, -0.1) is 0 Å². The number of methoxy groups -OCH3 is 1. The zero-order valence-corrected chi connectivity index (χ0v) is 22.1. The quantitative estimate of drug-likeness (QED) is 0.308. The first kappa shape index (κ1) is 27.7. The largest absolute Gasteiger partial charge is 0.407 e. The first-order valence-corrected chi connectivity index (χ1v) is 12.7. The maximum atomic E-state index is 13.6. The molecule has 2 heterocycles. The number of benzene rings is 2. The van der Waals surface area contributed by atoms with Crippen molar-refractivity contribution < 1.29 is 23.4 Å². The van der Waals surface area contributed by atoms with Crippen LogP contribution in [0.2, 0.25) is 5.02 Å². The van der Waals surface area contributed by atoms with Gasteiger partial charge in [-0.25, -0.2) is 9.07 Å². The highest BCUT2D eigenvalue weighted by Gasteiger charge is 2.24. The van der Waals surface area contributed by atoms with Crippen LogP contribution < -0.4 is 10.3 Å². The molecule has 38 heavy (non-hydrogen) atoms. The lowest BCUT2D eigenvalue weighted by Crippen LogP contribution is -2.35. The number of hydrogen-bond donors (Lipinski definition) is 1. The fourth-order valence-corrected chi connectivity index (χ4v) is 4.40. The third kappa shape index (κ3) is 6.57. The number of nitrogens with zero attached hydrogens (tertiary/aromatic N) is 3. The van der Waals surface area contributed by atoms with Gasteiger partial charge in [0.15, 0.2) is 0 Å². The first-order valence-electron chi connectivity index (χ1n) is 12.3. The van der Waals surface area contributed by atoms with Gasteiger partial charge < -0.3 is 14.2 Å². The summed E-state index contributed by atoms with van der Waals surface area (Å²) in [6.45, 7) is 5.79. The minimum Gasteiger partial charge on any atom is -0.407 e. The molecule has 4 rings (SSSR count). The molecule has 1 aromatic heterocycles. The highest BCUT2D eigenvalue weighted by molar-refractivity contribution is 6.32. The Morgan fingerprint density at radius 1 is 1.18 bits per heavy atom. The third-order valence-electron chi connectivity index (χ3n) is 6.14. The van der Waals surface area contributed by atoms with Gasteiger partial charge in [-0.3, -0.25) is 24.6 Å². The van der Waals surface area contributed by atoms with Crippen LogP contribution in [0.5, 0.6) is 5.88 Å². The van der Waals surface area contributed by atoms with Crippen molar-refractivity contribution in [2.24, 2.45) is 4.99 Å². The Labute approximate surface area is 224 Å². The number of halogens is 2. The standard InChI is InChI=1S/C27H30ClFN4O5/c1-3-24(34)38-26-25(27(35)33(31-26)23-9-8-20(29)14-21(23)28)22(17-36-2)30-15-18-6-4-5-7-19(18)16-32-10-12-37-13-11-32/h4-9,14,31H,3,10-13,15-17H2,1-2H3. The Balaban J connectivity index is 1.73. The Morgan fingerprint density at radius 3 is 2.61 bits per heavy atom. The van der Waals surface area contributed by atoms with Crippen LogP contribution in [0, 0.1) is 5.82 Å². The van der Waals surface area contributed by atoms with Gasteiger partial charge in [0.05, 0.1) is 42.8 Å². The van der Waals surface area contributed by atoms with Gasteiger partial charge in [0, 0.05) is 33.2 Å². The molecule has 1 aliphatic rings. The molecular formula is C27H30ClFN4O5. The summed E-state index contributed by atoms with van der Waals surface area (Å²) in [5.41, 5.74) is 2.10. The second kappa shape index (κ2) is 13.0. The van der Waals surface area contributed by atoms with E-state index < -0.39 is 17.3 Å². The van der Waals surface area contributed by atoms with Crippen LogP contribution >= 0.6 is 11.6 Å². The lowest BCUT2D eigenvalue weighted by atomic mass is 10.1. The molecule has 0 aliphatic carbocycles. The van der Waals surface area contributed by atoms with Crippen molar-refractivity contribution in [2.75, 3.05) is 40.0 Å². The fourth-order valence-electron chi connectivity index (χ4n) is 4.14. The molecule has 1 N–H and O–H groups in total. The van der Waals surface area contributed by atoms with Crippen molar-refractivity contribution in [3.05, 3.63) is 80.3 Å². The molecule has 3 aromatic rings. The monoisotopic (exact) mass is 544 g/mol. The van der Waals surface area contributed by atoms with Gasteiger partial charge >= 0.3 is 5.97 Å². The number of aliphatic imine (C=N–C) groups is 1. The maximum Gasteiger partial charge on any atom is 0.312 e. The summed E-state index contributed by atoms with van der Waals surface area (Å²) in [5.74, 6) is -1.18. The number of hydrogen-bond acceptors (Lipinski definition) is 7. The summed E-state index contributed by atoms with van der Waals surface area (Å²) >= 11 is 6.22. The average molecular weight is 545 g/mol. The lowest BCUT2D eigenvalue weighted by molar-refractivity contribution is -0.134. The molecular weight excluding hydrogens is 515 g/mol. The predicted molar refractivity (Wildman–Crippen MR) is 142 cm³/mol. The third-order valence-corrected chi connectivity index (χ3v) is 6.44. The topological polar surface area (TPSA) is 98.2 Å². The van der Waals surface area contributed by atoms with Crippen LogP contribution in [0.15, 0.2) is 52.3 Å². The second-order valence-electron chi connectivity index (χ2n) is 8.73. The molecule has 0 unspecified atom stereocenters. The smallest absolute Gasteiger partial charge is 0.312 e. The predicted octanol–water partition coefficient (Wildman–Crippen LogP) is 3.74. The number of H-pyrrole nitrogens is 1. The van der Waals surface area contributed by atoms with Crippen molar-refractivity contribution >= 4 is 23.3 Å². The van der Waals surface area contributed by atoms with Crippen LogP contribution in [0.1, 0.15) is 30.0 Å². The van der Waals surface area contributed by atoms with Crippen molar-refractivity contribution in [3.8, 4) is 11.6 Å². The summed E-state index contributed by atoms with van der Waals surface area (Å²) in [6.07, 6.45) is 0.0929. The lowest BCUT2D eigenvalue weighted by Gasteiger charge is -2.27. The van der Waals surface area contributed by atoms with E-state index >= 15 is 0 Å². The highest BCUT2D eigenvalue weighted by atomic mass is 35.5. The summed E-state index contributed by atoms with van der Waals surface area (Å²) in [6, 6.07) is 11.6. The van der Waals surface area contributed by atoms with Gasteiger partial charge in [-0.1, -0.05) is 42.8 Å². The van der Waals surface area contributed by atoms with E-state index in [1.54, 1.807) is 6.92 Å². The number of morpholine rings is 1. The molecule has 1 saturated heterocycles. The number of ether oxygens (including phenoxy) is 3. The maximum absolute atomic E-state index is 13.6. The van der Waals surface area contributed by atoms with Crippen molar-refractivity contribution in [2.45, 2.75) is 26.4 Å². The van der Waals surface area contributed by atoms with Gasteiger partial charge in [0.2, 0.25) is 5.88 Å². The van der Waals surface area contributed by atoms with Gasteiger partial charge in [0.25, 0.3) is 5.56 Å². The first-order chi connectivity index (χ1) is 18.4. The van der Waals surface area contributed by atoms with Gasteiger partial charge in [-0.2, -0.15) is 0 Å². The Kier molecular flexibility index (Phi) is 9.46. The number of carbonyl (C=O) groups excluding carboxylic acids is 1. The normalized spacial score (nSPS) is 14.6. The molecule has 0 radical (unpaired) electrons. The molecule has 1 fully saturated rings. The van der Waals surface area contributed by atoms with E-state index in [2.05, 4.69) is 16.1 Å². The SMILES string of the molecule is CCC(=O)Oc1[nH]n(-c2ccc(F)cc2Cl)c(=O)c1C(COC)=NCc1ccccc1CN1CCOCC1. The molecule has 0 amide bonds. The van der Waals surface area contributed by atoms with E-state index in [0.29, 0.717) is 18.9 Å². The summed E-state index contributed by atoms with van der Waals surface area (Å²) in [7, 11) is 1.49. The summed E-state index contributed by atoms with van der Waals surface area (Å²) in [5, 5.41) is 2.80. The number of nitrogens with one attached hydrogen (secondary N) is 1. The van der Waals surface area contributed by atoms with Crippen molar-refractivity contribution in [3.63, 3.8) is 0 Å². The fraction of sp³-hybridized carbons (Fsp3) is 0.370.